The van der Waals surface area contributed by atoms with Crippen molar-refractivity contribution in [1.82, 2.24) is 4.90 Å². The minimum Gasteiger partial charge on any atom is -0.368 e. The number of benzene rings is 2. The summed E-state index contributed by atoms with van der Waals surface area (Å²) in [6, 6.07) is 21.3. The van der Waals surface area contributed by atoms with Crippen LogP contribution >= 0.6 is 11.3 Å². The van der Waals surface area contributed by atoms with Crippen LogP contribution in [0.4, 0.5) is 11.4 Å². The van der Waals surface area contributed by atoms with E-state index in [1.165, 1.54) is 17.0 Å². The summed E-state index contributed by atoms with van der Waals surface area (Å²) >= 11 is 1.40. The maximum absolute atomic E-state index is 13.2. The number of thiophene rings is 1. The van der Waals surface area contributed by atoms with Crippen LogP contribution in [0.15, 0.2) is 72.1 Å². The van der Waals surface area contributed by atoms with Gasteiger partial charge in [0.15, 0.2) is 0 Å². The monoisotopic (exact) mass is 405 g/mol. The maximum atomic E-state index is 13.2. The molecule has 2 amide bonds. The molecule has 2 aromatic carbocycles. The molecule has 1 fully saturated rings. The highest BCUT2D eigenvalue weighted by Gasteiger charge is 2.26. The van der Waals surface area contributed by atoms with Gasteiger partial charge in [-0.15, -0.1) is 11.3 Å². The summed E-state index contributed by atoms with van der Waals surface area (Å²) in [4.78, 5) is 32.4. The highest BCUT2D eigenvalue weighted by atomic mass is 32.1. The Hall–Kier alpha value is -3.12. The molecule has 0 atom stereocenters. The van der Waals surface area contributed by atoms with Gasteiger partial charge in [0.1, 0.15) is 0 Å². The van der Waals surface area contributed by atoms with Gasteiger partial charge < -0.3 is 14.7 Å². The number of hydrogen-bond acceptors (Lipinski definition) is 4. The lowest BCUT2D eigenvalue weighted by Gasteiger charge is -2.36. The number of carbonyl (C=O) groups is 2. The van der Waals surface area contributed by atoms with Crippen LogP contribution in [0.25, 0.3) is 0 Å². The normalized spacial score (nSPS) is 14.0. The molecule has 0 unspecified atom stereocenters. The fraction of sp³-hybridized carbons (Fsp3) is 0.217. The van der Waals surface area contributed by atoms with Crippen LogP contribution in [0, 0.1) is 0 Å². The van der Waals surface area contributed by atoms with E-state index in [1.807, 2.05) is 52.7 Å². The minimum atomic E-state index is -0.103. The lowest BCUT2D eigenvalue weighted by Crippen LogP contribution is -2.49. The lowest BCUT2D eigenvalue weighted by molar-refractivity contribution is 0.0747. The molecule has 1 saturated heterocycles. The van der Waals surface area contributed by atoms with Crippen LogP contribution < -0.4 is 9.80 Å². The zero-order valence-electron chi connectivity index (χ0n) is 16.3. The van der Waals surface area contributed by atoms with Gasteiger partial charge in [-0.3, -0.25) is 9.59 Å². The number of piperazine rings is 1. The van der Waals surface area contributed by atoms with Gasteiger partial charge in [0, 0.05) is 38.9 Å². The van der Waals surface area contributed by atoms with Gasteiger partial charge in [-0.05, 0) is 35.7 Å². The molecule has 4 rings (SSSR count). The first kappa shape index (κ1) is 19.2. The topological polar surface area (TPSA) is 43.9 Å². The first-order chi connectivity index (χ1) is 14.1. The van der Waals surface area contributed by atoms with E-state index in [1.54, 1.807) is 24.1 Å². The van der Waals surface area contributed by atoms with Gasteiger partial charge in [0.05, 0.1) is 16.1 Å². The largest absolute Gasteiger partial charge is 0.368 e. The lowest BCUT2D eigenvalue weighted by atomic mass is 10.1. The number of amides is 2. The molecule has 1 aromatic heterocycles. The predicted molar refractivity (Wildman–Crippen MR) is 118 cm³/mol. The van der Waals surface area contributed by atoms with Crippen molar-refractivity contribution in [3.63, 3.8) is 0 Å². The molecule has 0 bridgehead atoms. The van der Waals surface area contributed by atoms with Crippen LogP contribution in [-0.4, -0.2) is 49.9 Å². The van der Waals surface area contributed by atoms with E-state index in [0.29, 0.717) is 29.2 Å². The van der Waals surface area contributed by atoms with Crippen molar-refractivity contribution in [3.8, 4) is 0 Å². The Kier molecular flexibility index (Phi) is 5.62. The molecule has 3 aromatic rings. The van der Waals surface area contributed by atoms with Crippen molar-refractivity contribution in [2.24, 2.45) is 0 Å². The molecule has 0 radical (unpaired) electrons. The van der Waals surface area contributed by atoms with Gasteiger partial charge in [0.2, 0.25) is 0 Å². The Morgan fingerprint density at radius 2 is 1.55 bits per heavy atom. The Morgan fingerprint density at radius 3 is 2.24 bits per heavy atom. The third kappa shape index (κ3) is 4.03. The van der Waals surface area contributed by atoms with E-state index < -0.39 is 0 Å². The Morgan fingerprint density at radius 1 is 0.862 bits per heavy atom. The van der Waals surface area contributed by atoms with Crippen molar-refractivity contribution in [2.45, 2.75) is 0 Å². The molecule has 148 valence electrons. The van der Waals surface area contributed by atoms with E-state index >= 15 is 0 Å². The Balaban J connectivity index is 1.49. The van der Waals surface area contributed by atoms with Gasteiger partial charge >= 0.3 is 0 Å². The zero-order chi connectivity index (χ0) is 20.2. The van der Waals surface area contributed by atoms with Gasteiger partial charge in [-0.1, -0.05) is 36.4 Å². The van der Waals surface area contributed by atoms with E-state index in [-0.39, 0.29) is 11.8 Å². The molecule has 0 spiro atoms. The van der Waals surface area contributed by atoms with Crippen molar-refractivity contribution in [2.75, 3.05) is 43.0 Å². The maximum Gasteiger partial charge on any atom is 0.268 e. The summed E-state index contributed by atoms with van der Waals surface area (Å²) in [7, 11) is 1.72. The third-order valence-electron chi connectivity index (χ3n) is 5.22. The number of carbonyl (C=O) groups excluding carboxylic acids is 2. The molecule has 1 aliphatic rings. The summed E-state index contributed by atoms with van der Waals surface area (Å²) in [6.07, 6.45) is 0. The molecule has 0 aliphatic carbocycles. The highest BCUT2D eigenvalue weighted by Crippen LogP contribution is 2.25. The smallest absolute Gasteiger partial charge is 0.268 e. The van der Waals surface area contributed by atoms with Crippen molar-refractivity contribution < 1.29 is 9.59 Å². The average Bonchev–Trinajstić information content (AvgIpc) is 3.33. The number of rotatable bonds is 4. The van der Waals surface area contributed by atoms with E-state index in [9.17, 15) is 9.59 Å². The molecule has 5 nitrogen and oxygen atoms in total. The van der Waals surface area contributed by atoms with Crippen molar-refractivity contribution in [3.05, 3.63) is 82.6 Å². The molecule has 0 saturated carbocycles. The van der Waals surface area contributed by atoms with Crippen molar-refractivity contribution in [1.29, 1.82) is 0 Å². The highest BCUT2D eigenvalue weighted by molar-refractivity contribution is 7.12. The second kappa shape index (κ2) is 8.49. The zero-order valence-corrected chi connectivity index (χ0v) is 17.1. The first-order valence-corrected chi connectivity index (χ1v) is 10.5. The van der Waals surface area contributed by atoms with Gasteiger partial charge in [-0.2, -0.15) is 0 Å². The molecular weight excluding hydrogens is 382 g/mol. The van der Waals surface area contributed by atoms with E-state index in [0.717, 1.165) is 13.1 Å². The molecule has 29 heavy (non-hydrogen) atoms. The summed E-state index contributed by atoms with van der Waals surface area (Å²) in [5.41, 5.74) is 2.38. The molecular formula is C23H23N3O2S. The molecule has 0 N–H and O–H groups in total. The number of para-hydroxylation sites is 2. The predicted octanol–water partition coefficient (Wildman–Crippen LogP) is 3.99. The molecule has 2 heterocycles. The summed E-state index contributed by atoms with van der Waals surface area (Å²) < 4.78 is 0. The standard InChI is InChI=1S/C23H23N3O2S/c1-24(23(28)21-12-7-17-29-21)20-11-6-5-10-19(20)22(27)26-15-13-25(14-16-26)18-8-3-2-4-9-18/h2-12,17H,13-16H2,1H3. The Labute approximate surface area is 174 Å². The van der Waals surface area contributed by atoms with Crippen LogP contribution in [0.2, 0.25) is 0 Å². The van der Waals surface area contributed by atoms with Crippen LogP contribution in [0.5, 0.6) is 0 Å². The average molecular weight is 406 g/mol. The van der Waals surface area contributed by atoms with Crippen LogP contribution in [-0.2, 0) is 0 Å². The van der Waals surface area contributed by atoms with E-state index in [2.05, 4.69) is 17.0 Å². The Bertz CT molecular complexity index is 980. The summed E-state index contributed by atoms with van der Waals surface area (Å²) in [5, 5.41) is 1.88. The van der Waals surface area contributed by atoms with Crippen LogP contribution in [0.1, 0.15) is 20.0 Å². The van der Waals surface area contributed by atoms with E-state index in [4.69, 9.17) is 0 Å². The van der Waals surface area contributed by atoms with Crippen LogP contribution in [0.3, 0.4) is 0 Å². The molecule has 1 aliphatic heterocycles. The second-order valence-electron chi connectivity index (χ2n) is 6.97. The quantitative estimate of drug-likeness (QED) is 0.659. The van der Waals surface area contributed by atoms with Crippen molar-refractivity contribution >= 4 is 34.5 Å². The van der Waals surface area contributed by atoms with Gasteiger partial charge in [-0.25, -0.2) is 0 Å². The number of nitrogens with zero attached hydrogens (tertiary/aromatic N) is 3. The number of anilines is 2. The minimum absolute atomic E-state index is 0.0286. The number of hydrogen-bond donors (Lipinski definition) is 0. The summed E-state index contributed by atoms with van der Waals surface area (Å²) in [5.74, 6) is -0.131. The fourth-order valence-electron chi connectivity index (χ4n) is 3.60. The third-order valence-corrected chi connectivity index (χ3v) is 6.08. The van der Waals surface area contributed by atoms with Gasteiger partial charge in [0.25, 0.3) is 11.8 Å². The fourth-order valence-corrected chi connectivity index (χ4v) is 4.30. The molecule has 6 heteroatoms. The second-order valence-corrected chi connectivity index (χ2v) is 7.92. The summed E-state index contributed by atoms with van der Waals surface area (Å²) in [6.45, 7) is 2.90. The first-order valence-electron chi connectivity index (χ1n) is 9.65. The SMILES string of the molecule is CN(C(=O)c1cccs1)c1ccccc1C(=O)N1CCN(c2ccccc2)CC1.